The Balaban J connectivity index is 1.38. The van der Waals surface area contributed by atoms with Gasteiger partial charge in [-0.1, -0.05) is 20.8 Å². The molecule has 2 N–H and O–H groups in total. The van der Waals surface area contributed by atoms with Crippen LogP contribution in [0.15, 0.2) is 47.6 Å². The number of anilines is 2. The van der Waals surface area contributed by atoms with E-state index in [2.05, 4.69) is 20.5 Å². The van der Waals surface area contributed by atoms with Crippen molar-refractivity contribution < 1.29 is 27.8 Å². The van der Waals surface area contributed by atoms with Gasteiger partial charge in [-0.25, -0.2) is 0 Å². The monoisotopic (exact) mass is 528 g/mol. The number of alkyl halides is 2. The van der Waals surface area contributed by atoms with Gasteiger partial charge in [0.1, 0.15) is 6.04 Å². The van der Waals surface area contributed by atoms with Gasteiger partial charge in [0.25, 0.3) is 0 Å². The van der Waals surface area contributed by atoms with Gasteiger partial charge in [-0.05, 0) is 80.1 Å². The maximum absolute atomic E-state index is 13.0. The standard InChI is InChI=1S/C28H34F2N4O4/c1-28(2,3)26(36)33-20-12-10-19(11-13-20)32-25(35)22-8-5-15-34(22)31-17-18-9-14-23(38-27(29)30)24(16-18)37-21-6-4-7-21/h9-14,16-17,21-22,27H,4-8,15H2,1-3H3,(H,32,35)(H,33,36)/b31-17+/t22-/m0/s1. The lowest BCUT2D eigenvalue weighted by Crippen LogP contribution is -2.36. The van der Waals surface area contributed by atoms with E-state index in [9.17, 15) is 18.4 Å². The second-order valence-electron chi connectivity index (χ2n) is 10.6. The predicted molar refractivity (Wildman–Crippen MR) is 142 cm³/mol. The van der Waals surface area contributed by atoms with E-state index >= 15 is 0 Å². The second kappa shape index (κ2) is 11.8. The summed E-state index contributed by atoms with van der Waals surface area (Å²) in [6, 6.07) is 11.2. The highest BCUT2D eigenvalue weighted by atomic mass is 19.3. The van der Waals surface area contributed by atoms with Crippen molar-refractivity contribution in [2.75, 3.05) is 17.2 Å². The Bertz CT molecular complexity index is 1160. The van der Waals surface area contributed by atoms with Crippen molar-refractivity contribution in [3.8, 4) is 11.5 Å². The Morgan fingerprint density at radius 2 is 1.68 bits per heavy atom. The molecule has 204 valence electrons. The largest absolute Gasteiger partial charge is 0.487 e. The van der Waals surface area contributed by atoms with E-state index in [1.807, 2.05) is 20.8 Å². The summed E-state index contributed by atoms with van der Waals surface area (Å²) in [5.74, 6) is -0.0178. The number of nitrogens with one attached hydrogen (secondary N) is 2. The number of halogens is 2. The van der Waals surface area contributed by atoms with E-state index in [0.717, 1.165) is 25.7 Å². The lowest BCUT2D eigenvalue weighted by molar-refractivity contribution is -0.123. The first-order valence-corrected chi connectivity index (χ1v) is 12.9. The average Bonchev–Trinajstić information content (AvgIpc) is 3.30. The van der Waals surface area contributed by atoms with Crippen molar-refractivity contribution in [1.82, 2.24) is 5.01 Å². The van der Waals surface area contributed by atoms with E-state index in [0.29, 0.717) is 29.9 Å². The third-order valence-electron chi connectivity index (χ3n) is 6.50. The molecular weight excluding hydrogens is 494 g/mol. The molecule has 2 aliphatic rings. The molecule has 8 nitrogen and oxygen atoms in total. The fourth-order valence-corrected chi connectivity index (χ4v) is 4.04. The van der Waals surface area contributed by atoms with Crippen LogP contribution in [0.4, 0.5) is 20.2 Å². The fourth-order valence-electron chi connectivity index (χ4n) is 4.04. The van der Waals surface area contributed by atoms with Crippen LogP contribution in [0, 0.1) is 5.41 Å². The third-order valence-corrected chi connectivity index (χ3v) is 6.50. The Labute approximate surface area is 221 Å². The first-order valence-electron chi connectivity index (χ1n) is 12.9. The molecular formula is C28H34F2N4O4. The fraction of sp³-hybridized carbons (Fsp3) is 0.464. The Kier molecular flexibility index (Phi) is 8.48. The van der Waals surface area contributed by atoms with Gasteiger partial charge in [-0.2, -0.15) is 13.9 Å². The molecule has 1 atom stereocenters. The molecule has 1 saturated heterocycles. The SMILES string of the molecule is CC(C)(C)C(=O)Nc1ccc(NC(=O)[C@@H]2CCCN2/N=C/c2ccc(OC(F)F)c(OC3CCC3)c2)cc1. The minimum Gasteiger partial charge on any atom is -0.487 e. The summed E-state index contributed by atoms with van der Waals surface area (Å²) in [7, 11) is 0. The molecule has 4 rings (SSSR count). The van der Waals surface area contributed by atoms with E-state index in [1.54, 1.807) is 47.6 Å². The number of hydrogen-bond donors (Lipinski definition) is 2. The van der Waals surface area contributed by atoms with Crippen LogP contribution in [-0.4, -0.2) is 48.3 Å². The maximum Gasteiger partial charge on any atom is 0.387 e. The van der Waals surface area contributed by atoms with Crippen molar-refractivity contribution in [3.05, 3.63) is 48.0 Å². The predicted octanol–water partition coefficient (Wildman–Crippen LogP) is 5.64. The highest BCUT2D eigenvalue weighted by Gasteiger charge is 2.30. The minimum absolute atomic E-state index is 0.00214. The van der Waals surface area contributed by atoms with Crippen LogP contribution in [0.25, 0.3) is 0 Å². The molecule has 0 aromatic heterocycles. The van der Waals surface area contributed by atoms with Gasteiger partial charge in [-0.3, -0.25) is 14.6 Å². The van der Waals surface area contributed by atoms with Crippen LogP contribution in [0.2, 0.25) is 0 Å². The maximum atomic E-state index is 13.0. The van der Waals surface area contributed by atoms with Crippen LogP contribution in [0.5, 0.6) is 11.5 Å². The zero-order valence-electron chi connectivity index (χ0n) is 21.9. The number of nitrogens with zero attached hydrogens (tertiary/aromatic N) is 2. The smallest absolute Gasteiger partial charge is 0.387 e. The Morgan fingerprint density at radius 3 is 2.29 bits per heavy atom. The molecule has 1 heterocycles. The quantitative estimate of drug-likeness (QED) is 0.411. The highest BCUT2D eigenvalue weighted by Crippen LogP contribution is 2.34. The van der Waals surface area contributed by atoms with E-state index in [1.165, 1.54) is 6.07 Å². The van der Waals surface area contributed by atoms with Crippen LogP contribution < -0.4 is 20.1 Å². The number of hydrazone groups is 1. The van der Waals surface area contributed by atoms with Crippen molar-refractivity contribution in [1.29, 1.82) is 0 Å². The molecule has 2 fully saturated rings. The van der Waals surface area contributed by atoms with Gasteiger partial charge >= 0.3 is 6.61 Å². The zero-order valence-corrected chi connectivity index (χ0v) is 21.9. The molecule has 0 unspecified atom stereocenters. The average molecular weight is 529 g/mol. The molecule has 1 saturated carbocycles. The summed E-state index contributed by atoms with van der Waals surface area (Å²) in [4.78, 5) is 25.2. The van der Waals surface area contributed by atoms with Crippen molar-refractivity contribution in [2.45, 2.75) is 71.6 Å². The third kappa shape index (κ3) is 7.20. The molecule has 1 aliphatic carbocycles. The number of carbonyl (C=O) groups excluding carboxylic acids is 2. The van der Waals surface area contributed by atoms with Crippen LogP contribution >= 0.6 is 0 Å². The van der Waals surface area contributed by atoms with Gasteiger partial charge < -0.3 is 20.1 Å². The van der Waals surface area contributed by atoms with E-state index in [-0.39, 0.29) is 29.4 Å². The highest BCUT2D eigenvalue weighted by molar-refractivity contribution is 5.96. The summed E-state index contributed by atoms with van der Waals surface area (Å²) < 4.78 is 36.1. The summed E-state index contributed by atoms with van der Waals surface area (Å²) >= 11 is 0. The normalized spacial score (nSPS) is 17.9. The van der Waals surface area contributed by atoms with E-state index in [4.69, 9.17) is 4.74 Å². The van der Waals surface area contributed by atoms with Crippen LogP contribution in [-0.2, 0) is 9.59 Å². The summed E-state index contributed by atoms with van der Waals surface area (Å²) in [6.45, 7) is 3.19. The van der Waals surface area contributed by atoms with Crippen LogP contribution in [0.1, 0.15) is 58.4 Å². The molecule has 1 aliphatic heterocycles. The van der Waals surface area contributed by atoms with Gasteiger partial charge in [-0.15, -0.1) is 0 Å². The number of hydrogen-bond acceptors (Lipinski definition) is 6. The number of carbonyl (C=O) groups is 2. The lowest BCUT2D eigenvalue weighted by atomic mass is 9.95. The van der Waals surface area contributed by atoms with E-state index < -0.39 is 18.1 Å². The first-order chi connectivity index (χ1) is 18.1. The van der Waals surface area contributed by atoms with Crippen molar-refractivity contribution in [2.24, 2.45) is 10.5 Å². The number of rotatable bonds is 9. The lowest BCUT2D eigenvalue weighted by Gasteiger charge is -2.27. The molecule has 2 aromatic carbocycles. The molecule has 10 heteroatoms. The number of ether oxygens (including phenoxy) is 2. The molecule has 2 amide bonds. The first kappa shape index (κ1) is 27.3. The van der Waals surface area contributed by atoms with Crippen molar-refractivity contribution >= 4 is 29.4 Å². The van der Waals surface area contributed by atoms with Crippen LogP contribution in [0.3, 0.4) is 0 Å². The molecule has 38 heavy (non-hydrogen) atoms. The van der Waals surface area contributed by atoms with Gasteiger partial charge in [0.05, 0.1) is 12.3 Å². The summed E-state index contributed by atoms with van der Waals surface area (Å²) in [6.07, 6.45) is 5.87. The van der Waals surface area contributed by atoms with Crippen molar-refractivity contribution in [3.63, 3.8) is 0 Å². The number of amides is 2. The van der Waals surface area contributed by atoms with Gasteiger partial charge in [0.15, 0.2) is 11.5 Å². The second-order valence-corrected chi connectivity index (χ2v) is 10.6. The zero-order chi connectivity index (χ0) is 27.3. The topological polar surface area (TPSA) is 92.3 Å². The minimum atomic E-state index is -2.94. The Hall–Kier alpha value is -3.69. The number of benzene rings is 2. The molecule has 2 aromatic rings. The Morgan fingerprint density at radius 1 is 1.00 bits per heavy atom. The molecule has 0 bridgehead atoms. The molecule has 0 radical (unpaired) electrons. The van der Waals surface area contributed by atoms with Gasteiger partial charge in [0, 0.05) is 23.3 Å². The summed E-state index contributed by atoms with van der Waals surface area (Å²) in [5, 5.41) is 12.0. The summed E-state index contributed by atoms with van der Waals surface area (Å²) in [5.41, 5.74) is 1.42. The van der Waals surface area contributed by atoms with Gasteiger partial charge in [0.2, 0.25) is 11.8 Å². The molecule has 0 spiro atoms.